The molecule has 0 aromatic carbocycles. The molecular formula is C12H16F3N3O. The molecule has 1 heterocycles. The third-order valence-corrected chi connectivity index (χ3v) is 4.03. The van der Waals surface area contributed by atoms with Gasteiger partial charge in [-0.1, -0.05) is 6.08 Å². The van der Waals surface area contributed by atoms with E-state index in [1.54, 1.807) is 0 Å². The zero-order valence-electron chi connectivity index (χ0n) is 10.4. The lowest BCUT2D eigenvalue weighted by atomic mass is 9.75. The van der Waals surface area contributed by atoms with Crippen molar-refractivity contribution >= 4 is 11.9 Å². The van der Waals surface area contributed by atoms with Gasteiger partial charge in [0.2, 0.25) is 0 Å². The number of amides is 2. The molecule has 1 aliphatic heterocycles. The van der Waals surface area contributed by atoms with E-state index in [1.807, 2.05) is 0 Å². The number of amidine groups is 1. The number of carbonyl (C=O) groups is 1. The van der Waals surface area contributed by atoms with Gasteiger partial charge in [0, 0.05) is 6.54 Å². The largest absolute Gasteiger partial charge is 0.391 e. The third-order valence-electron chi connectivity index (χ3n) is 4.03. The van der Waals surface area contributed by atoms with Crippen LogP contribution in [0.1, 0.15) is 25.7 Å². The summed E-state index contributed by atoms with van der Waals surface area (Å²) < 4.78 is 38.0. The van der Waals surface area contributed by atoms with Gasteiger partial charge >= 0.3 is 12.2 Å². The highest BCUT2D eigenvalue weighted by atomic mass is 19.4. The van der Waals surface area contributed by atoms with E-state index in [2.05, 4.69) is 11.6 Å². The number of nitrogens with two attached hydrogens (primary N) is 1. The fourth-order valence-electron chi connectivity index (χ4n) is 2.92. The van der Waals surface area contributed by atoms with Crippen molar-refractivity contribution in [3.05, 3.63) is 12.7 Å². The minimum Gasteiger partial charge on any atom is -0.385 e. The number of hydrogen-bond donors (Lipinski definition) is 1. The van der Waals surface area contributed by atoms with E-state index in [0.29, 0.717) is 0 Å². The van der Waals surface area contributed by atoms with Gasteiger partial charge in [0.05, 0.1) is 5.92 Å². The first-order chi connectivity index (χ1) is 8.81. The van der Waals surface area contributed by atoms with Crippen LogP contribution in [0.2, 0.25) is 0 Å². The lowest BCUT2D eigenvalue weighted by molar-refractivity contribution is -0.185. The predicted molar refractivity (Wildman–Crippen MR) is 64.7 cm³/mol. The predicted octanol–water partition coefficient (Wildman–Crippen LogP) is 2.46. The van der Waals surface area contributed by atoms with Crippen molar-refractivity contribution in [3.63, 3.8) is 0 Å². The summed E-state index contributed by atoms with van der Waals surface area (Å²) in [5, 5.41) is 0. The van der Waals surface area contributed by atoms with Crippen LogP contribution in [0.15, 0.2) is 17.6 Å². The monoisotopic (exact) mass is 275 g/mol. The van der Waals surface area contributed by atoms with Crippen molar-refractivity contribution < 1.29 is 18.0 Å². The molecule has 2 rings (SSSR count). The molecule has 0 saturated heterocycles. The third kappa shape index (κ3) is 2.21. The van der Waals surface area contributed by atoms with Crippen LogP contribution in [0.5, 0.6) is 0 Å². The van der Waals surface area contributed by atoms with Crippen LogP contribution in [0.4, 0.5) is 18.0 Å². The number of nitrogens with zero attached hydrogens (tertiary/aromatic N) is 2. The smallest absolute Gasteiger partial charge is 0.385 e. The van der Waals surface area contributed by atoms with Gasteiger partial charge in [0.1, 0.15) is 11.4 Å². The maximum absolute atomic E-state index is 12.7. The number of hydrogen-bond acceptors (Lipinski definition) is 2. The number of aliphatic imine (C=N–C) groups is 1. The fourth-order valence-corrected chi connectivity index (χ4v) is 2.92. The Morgan fingerprint density at radius 1 is 1.47 bits per heavy atom. The second-order valence-corrected chi connectivity index (χ2v) is 5.03. The molecule has 1 fully saturated rings. The SMILES string of the molecule is C=CCN1C(=O)N=C(N)C12CCC(C(F)(F)F)CC2. The summed E-state index contributed by atoms with van der Waals surface area (Å²) >= 11 is 0. The van der Waals surface area contributed by atoms with Crippen LogP contribution in [0.25, 0.3) is 0 Å². The average molecular weight is 275 g/mol. The molecule has 0 unspecified atom stereocenters. The molecule has 0 aromatic heterocycles. The summed E-state index contributed by atoms with van der Waals surface area (Å²) in [5.74, 6) is -1.17. The highest BCUT2D eigenvalue weighted by Crippen LogP contribution is 2.45. The summed E-state index contributed by atoms with van der Waals surface area (Å²) in [6, 6.07) is -0.483. The number of halogens is 3. The number of carbonyl (C=O) groups excluding carboxylic acids is 1. The number of urea groups is 1. The van der Waals surface area contributed by atoms with E-state index in [4.69, 9.17) is 5.73 Å². The van der Waals surface area contributed by atoms with E-state index in [0.717, 1.165) is 0 Å². The maximum Gasteiger partial charge on any atom is 0.391 e. The molecule has 1 aliphatic carbocycles. The highest BCUT2D eigenvalue weighted by Gasteiger charge is 2.53. The summed E-state index contributed by atoms with van der Waals surface area (Å²) in [4.78, 5) is 16.9. The molecule has 4 nitrogen and oxygen atoms in total. The molecule has 0 bridgehead atoms. The summed E-state index contributed by atoms with van der Waals surface area (Å²) in [6.45, 7) is 3.80. The van der Waals surface area contributed by atoms with Gasteiger partial charge in [-0.25, -0.2) is 4.79 Å². The van der Waals surface area contributed by atoms with Crippen molar-refractivity contribution in [2.45, 2.75) is 37.4 Å². The lowest BCUT2D eigenvalue weighted by Crippen LogP contribution is -2.56. The molecule has 0 aromatic rings. The minimum absolute atomic E-state index is 0.0271. The molecule has 2 N–H and O–H groups in total. The normalized spacial score (nSPS) is 31.7. The molecular weight excluding hydrogens is 259 g/mol. The van der Waals surface area contributed by atoms with Gasteiger partial charge in [-0.3, -0.25) is 0 Å². The molecule has 1 spiro atoms. The van der Waals surface area contributed by atoms with Crippen molar-refractivity contribution in [1.29, 1.82) is 0 Å². The topological polar surface area (TPSA) is 58.7 Å². The van der Waals surface area contributed by atoms with Gasteiger partial charge < -0.3 is 10.6 Å². The maximum atomic E-state index is 12.7. The van der Waals surface area contributed by atoms with Gasteiger partial charge in [0.15, 0.2) is 0 Å². The molecule has 19 heavy (non-hydrogen) atoms. The van der Waals surface area contributed by atoms with Crippen LogP contribution in [0.3, 0.4) is 0 Å². The Labute approximate surface area is 109 Å². The highest BCUT2D eigenvalue weighted by molar-refractivity contribution is 6.05. The molecule has 2 amide bonds. The Balaban J connectivity index is 2.18. The second kappa shape index (κ2) is 4.54. The molecule has 1 saturated carbocycles. The summed E-state index contributed by atoms with van der Waals surface area (Å²) in [7, 11) is 0. The first-order valence-corrected chi connectivity index (χ1v) is 6.15. The van der Waals surface area contributed by atoms with E-state index in [1.165, 1.54) is 11.0 Å². The molecule has 0 atom stereocenters. The van der Waals surface area contributed by atoms with Crippen LogP contribution in [-0.2, 0) is 0 Å². The van der Waals surface area contributed by atoms with E-state index >= 15 is 0 Å². The van der Waals surface area contributed by atoms with E-state index < -0.39 is 23.7 Å². The van der Waals surface area contributed by atoms with Crippen LogP contribution >= 0.6 is 0 Å². The summed E-state index contributed by atoms with van der Waals surface area (Å²) in [6.07, 6.45) is -2.30. The van der Waals surface area contributed by atoms with Crippen molar-refractivity contribution in [2.75, 3.05) is 6.54 Å². The molecule has 7 heteroatoms. The minimum atomic E-state index is -4.18. The van der Waals surface area contributed by atoms with Gasteiger partial charge in [-0.05, 0) is 25.7 Å². The Kier molecular flexibility index (Phi) is 3.32. The number of alkyl halides is 3. The van der Waals surface area contributed by atoms with Gasteiger partial charge in [-0.15, -0.1) is 6.58 Å². The van der Waals surface area contributed by atoms with Crippen molar-refractivity contribution in [2.24, 2.45) is 16.6 Å². The zero-order valence-corrected chi connectivity index (χ0v) is 10.4. The second-order valence-electron chi connectivity index (χ2n) is 5.03. The van der Waals surface area contributed by atoms with Gasteiger partial charge in [0.25, 0.3) is 0 Å². The fraction of sp³-hybridized carbons (Fsp3) is 0.667. The zero-order chi connectivity index (χ0) is 14.3. The van der Waals surface area contributed by atoms with E-state index in [9.17, 15) is 18.0 Å². The summed E-state index contributed by atoms with van der Waals surface area (Å²) in [5.41, 5.74) is 4.94. The Hall–Kier alpha value is -1.53. The first kappa shape index (κ1) is 13.9. The van der Waals surface area contributed by atoms with Gasteiger partial charge in [-0.2, -0.15) is 18.2 Å². The molecule has 106 valence electrons. The lowest BCUT2D eigenvalue weighted by Gasteiger charge is -2.43. The first-order valence-electron chi connectivity index (χ1n) is 6.15. The van der Waals surface area contributed by atoms with Crippen molar-refractivity contribution in [3.8, 4) is 0 Å². The van der Waals surface area contributed by atoms with Crippen LogP contribution in [0, 0.1) is 5.92 Å². The Morgan fingerprint density at radius 3 is 2.53 bits per heavy atom. The molecule has 0 radical (unpaired) electrons. The Morgan fingerprint density at radius 2 is 2.05 bits per heavy atom. The molecule has 2 aliphatic rings. The Bertz CT molecular complexity index is 422. The standard InChI is InChI=1S/C12H16F3N3O/c1-2-7-18-10(19)17-9(16)11(18)5-3-8(4-6-11)12(13,14)15/h2,8H,1,3-7H2,(H2,16,17,19). The van der Waals surface area contributed by atoms with Crippen molar-refractivity contribution in [1.82, 2.24) is 4.90 Å². The quantitative estimate of drug-likeness (QED) is 0.787. The number of rotatable bonds is 2. The average Bonchev–Trinajstić information content (AvgIpc) is 2.54. The van der Waals surface area contributed by atoms with Crippen LogP contribution in [-0.4, -0.2) is 35.0 Å². The van der Waals surface area contributed by atoms with Crippen LogP contribution < -0.4 is 5.73 Å². The van der Waals surface area contributed by atoms with E-state index in [-0.39, 0.29) is 38.1 Å².